The van der Waals surface area contributed by atoms with Gasteiger partial charge in [-0.1, -0.05) is 12.1 Å². The van der Waals surface area contributed by atoms with E-state index in [9.17, 15) is 5.11 Å². The quantitative estimate of drug-likeness (QED) is 0.869. The van der Waals surface area contributed by atoms with E-state index in [4.69, 9.17) is 4.74 Å². The highest BCUT2D eigenvalue weighted by Gasteiger charge is 2.09. The smallest absolute Gasteiger partial charge is 0.118 e. The highest BCUT2D eigenvalue weighted by Crippen LogP contribution is 2.20. The Kier molecular flexibility index (Phi) is 3.67. The largest absolute Gasteiger partial charge is 0.497 e. The van der Waals surface area contributed by atoms with Crippen LogP contribution >= 0.6 is 0 Å². The zero-order chi connectivity index (χ0) is 12.1. The number of hydrogen-bond donors (Lipinski definition) is 1. The van der Waals surface area contributed by atoms with Crippen molar-refractivity contribution in [3.63, 3.8) is 0 Å². The third kappa shape index (κ3) is 3.01. The number of aromatic nitrogens is 2. The number of methoxy groups -OCH3 is 1. The van der Waals surface area contributed by atoms with E-state index in [2.05, 4.69) is 9.97 Å². The van der Waals surface area contributed by atoms with Gasteiger partial charge in [0.15, 0.2) is 0 Å². The molecule has 2 aromatic rings. The zero-order valence-corrected chi connectivity index (χ0v) is 9.58. The molecular weight excluding hydrogens is 216 g/mol. The van der Waals surface area contributed by atoms with Crippen molar-refractivity contribution in [2.75, 3.05) is 7.11 Å². The van der Waals surface area contributed by atoms with E-state index in [1.54, 1.807) is 19.4 Å². The number of hydrogen-bond acceptors (Lipinski definition) is 4. The Morgan fingerprint density at radius 1 is 1.24 bits per heavy atom. The number of rotatable bonds is 4. The lowest BCUT2D eigenvalue weighted by molar-refractivity contribution is 0.177. The molecule has 4 nitrogen and oxygen atoms in total. The van der Waals surface area contributed by atoms with E-state index in [0.29, 0.717) is 6.42 Å². The van der Waals surface area contributed by atoms with Gasteiger partial charge in [-0.2, -0.15) is 0 Å². The summed E-state index contributed by atoms with van der Waals surface area (Å²) in [6, 6.07) is 9.17. The number of benzene rings is 1. The Bertz CT molecular complexity index is 457. The summed E-state index contributed by atoms with van der Waals surface area (Å²) in [6.45, 7) is 0. The second-order valence-corrected chi connectivity index (χ2v) is 3.69. The normalized spacial score (nSPS) is 12.1. The molecule has 17 heavy (non-hydrogen) atoms. The Hall–Kier alpha value is -1.94. The molecule has 0 saturated carbocycles. The summed E-state index contributed by atoms with van der Waals surface area (Å²) in [5, 5.41) is 10.0. The maximum absolute atomic E-state index is 10.0. The molecule has 4 heteroatoms. The van der Waals surface area contributed by atoms with Crippen LogP contribution in [0.1, 0.15) is 17.4 Å². The van der Waals surface area contributed by atoms with Crippen LogP contribution in [0.3, 0.4) is 0 Å². The Labute approximate surface area is 99.9 Å². The molecule has 1 heterocycles. The minimum atomic E-state index is -0.559. The van der Waals surface area contributed by atoms with E-state index in [1.807, 2.05) is 24.3 Å². The molecule has 2 rings (SSSR count). The fourth-order valence-electron chi connectivity index (χ4n) is 1.58. The van der Waals surface area contributed by atoms with Gasteiger partial charge in [-0.15, -0.1) is 0 Å². The van der Waals surface area contributed by atoms with Gasteiger partial charge in [-0.05, 0) is 23.8 Å². The van der Waals surface area contributed by atoms with Crippen molar-refractivity contribution in [2.45, 2.75) is 12.5 Å². The van der Waals surface area contributed by atoms with Crippen molar-refractivity contribution in [3.05, 3.63) is 54.1 Å². The molecule has 0 unspecified atom stereocenters. The van der Waals surface area contributed by atoms with Gasteiger partial charge in [0.1, 0.15) is 12.1 Å². The third-order valence-electron chi connectivity index (χ3n) is 2.55. The summed E-state index contributed by atoms with van der Waals surface area (Å²) in [7, 11) is 1.62. The monoisotopic (exact) mass is 230 g/mol. The Balaban J connectivity index is 2.06. The first kappa shape index (κ1) is 11.5. The molecule has 1 atom stereocenters. The lowest BCUT2D eigenvalue weighted by Gasteiger charge is -2.10. The van der Waals surface area contributed by atoms with Gasteiger partial charge in [-0.3, -0.25) is 0 Å². The SMILES string of the molecule is COc1ccc([C@H](O)Cc2ccncn2)cc1. The molecule has 0 aliphatic heterocycles. The summed E-state index contributed by atoms with van der Waals surface area (Å²) in [4.78, 5) is 7.92. The van der Waals surface area contributed by atoms with Crippen LogP contribution < -0.4 is 4.74 Å². The van der Waals surface area contributed by atoms with E-state index in [-0.39, 0.29) is 0 Å². The van der Waals surface area contributed by atoms with Crippen LogP contribution in [-0.4, -0.2) is 22.2 Å². The minimum absolute atomic E-state index is 0.481. The predicted octanol–water partition coefficient (Wildman–Crippen LogP) is 1.76. The summed E-state index contributed by atoms with van der Waals surface area (Å²) in [5.41, 5.74) is 1.67. The highest BCUT2D eigenvalue weighted by atomic mass is 16.5. The lowest BCUT2D eigenvalue weighted by atomic mass is 10.0. The van der Waals surface area contributed by atoms with Crippen molar-refractivity contribution in [2.24, 2.45) is 0 Å². The molecule has 1 aromatic carbocycles. The van der Waals surface area contributed by atoms with Crippen LogP contribution in [-0.2, 0) is 6.42 Å². The van der Waals surface area contributed by atoms with Gasteiger partial charge in [0.25, 0.3) is 0 Å². The molecule has 1 N–H and O–H groups in total. The van der Waals surface area contributed by atoms with Gasteiger partial charge in [0.05, 0.1) is 13.2 Å². The summed E-state index contributed by atoms with van der Waals surface area (Å²) < 4.78 is 5.06. The zero-order valence-electron chi connectivity index (χ0n) is 9.58. The summed E-state index contributed by atoms with van der Waals surface area (Å²) in [5.74, 6) is 0.781. The number of aliphatic hydroxyl groups excluding tert-OH is 1. The first-order valence-corrected chi connectivity index (χ1v) is 5.36. The van der Waals surface area contributed by atoms with Crippen LogP contribution in [0.15, 0.2) is 42.9 Å². The van der Waals surface area contributed by atoms with E-state index < -0.39 is 6.10 Å². The molecule has 0 bridgehead atoms. The second kappa shape index (κ2) is 5.41. The number of nitrogens with zero attached hydrogens (tertiary/aromatic N) is 2. The molecule has 0 amide bonds. The van der Waals surface area contributed by atoms with E-state index >= 15 is 0 Å². The number of aliphatic hydroxyl groups is 1. The molecule has 1 aromatic heterocycles. The fraction of sp³-hybridized carbons (Fsp3) is 0.231. The van der Waals surface area contributed by atoms with Gasteiger partial charge in [0.2, 0.25) is 0 Å². The number of ether oxygens (including phenoxy) is 1. The first-order chi connectivity index (χ1) is 8.29. The lowest BCUT2D eigenvalue weighted by Crippen LogP contribution is -2.03. The molecule has 0 radical (unpaired) electrons. The average molecular weight is 230 g/mol. The molecule has 0 aliphatic rings. The summed E-state index contributed by atoms with van der Waals surface area (Å²) >= 11 is 0. The Morgan fingerprint density at radius 2 is 2.00 bits per heavy atom. The topological polar surface area (TPSA) is 55.2 Å². The van der Waals surface area contributed by atoms with Crippen molar-refractivity contribution >= 4 is 0 Å². The molecule has 0 fully saturated rings. The van der Waals surface area contributed by atoms with Gasteiger partial charge in [-0.25, -0.2) is 9.97 Å². The predicted molar refractivity (Wildman–Crippen MR) is 63.7 cm³/mol. The maximum Gasteiger partial charge on any atom is 0.118 e. The fourth-order valence-corrected chi connectivity index (χ4v) is 1.58. The average Bonchev–Trinajstić information content (AvgIpc) is 2.40. The van der Waals surface area contributed by atoms with Crippen LogP contribution in [0.25, 0.3) is 0 Å². The van der Waals surface area contributed by atoms with Crippen LogP contribution in [0, 0.1) is 0 Å². The van der Waals surface area contributed by atoms with Crippen LogP contribution in [0.2, 0.25) is 0 Å². The molecular formula is C13H14N2O2. The van der Waals surface area contributed by atoms with Crippen LogP contribution in [0.5, 0.6) is 5.75 Å². The van der Waals surface area contributed by atoms with Gasteiger partial charge in [0, 0.05) is 18.3 Å². The Morgan fingerprint density at radius 3 is 2.59 bits per heavy atom. The molecule has 0 spiro atoms. The van der Waals surface area contributed by atoms with Crippen molar-refractivity contribution < 1.29 is 9.84 Å². The molecule has 88 valence electrons. The second-order valence-electron chi connectivity index (χ2n) is 3.69. The van der Waals surface area contributed by atoms with E-state index in [0.717, 1.165) is 17.0 Å². The molecule has 0 saturated heterocycles. The standard InChI is InChI=1S/C13H14N2O2/c1-17-12-4-2-10(3-5-12)13(16)8-11-6-7-14-9-15-11/h2-7,9,13,16H,8H2,1H3/t13-/m1/s1. The van der Waals surface area contributed by atoms with Gasteiger partial charge < -0.3 is 9.84 Å². The molecule has 0 aliphatic carbocycles. The highest BCUT2D eigenvalue weighted by molar-refractivity contribution is 5.28. The van der Waals surface area contributed by atoms with Crippen LogP contribution in [0.4, 0.5) is 0 Å². The third-order valence-corrected chi connectivity index (χ3v) is 2.55. The van der Waals surface area contributed by atoms with Crippen molar-refractivity contribution in [1.29, 1.82) is 0 Å². The van der Waals surface area contributed by atoms with Gasteiger partial charge >= 0.3 is 0 Å². The van der Waals surface area contributed by atoms with Crippen molar-refractivity contribution in [1.82, 2.24) is 9.97 Å². The van der Waals surface area contributed by atoms with E-state index in [1.165, 1.54) is 6.33 Å². The first-order valence-electron chi connectivity index (χ1n) is 5.36. The van der Waals surface area contributed by atoms with Crippen molar-refractivity contribution in [3.8, 4) is 5.75 Å². The maximum atomic E-state index is 10.0. The minimum Gasteiger partial charge on any atom is -0.497 e. The summed E-state index contributed by atoms with van der Waals surface area (Å²) in [6.07, 6.45) is 3.07.